The van der Waals surface area contributed by atoms with Crippen molar-refractivity contribution in [2.75, 3.05) is 39.6 Å². The number of pyridine rings is 1. The zero-order valence-electron chi connectivity index (χ0n) is 54.3. The van der Waals surface area contributed by atoms with Crippen LogP contribution in [0.1, 0.15) is 170 Å². The Bertz CT molecular complexity index is 4800. The summed E-state index contributed by atoms with van der Waals surface area (Å²) in [5.41, 5.74) is 8.86. The Morgan fingerprint density at radius 3 is 1.18 bits per heavy atom. The Morgan fingerprint density at radius 1 is 0.348 bits per heavy atom. The SMILES string of the molecule is CCCCOc1c2c(c(C)c3ccccc13)C1=NC3=NC(=Nc4[nH]c(c5c(OCCCC)c6ncccc6c(C)c45)N=C4N=C(N=C2C1)c1c4c(OCCCC)c2cc4ccccc4cc2c1OCCCC)c1c3c(OCCCC)c2ccccc2c1OCCCC. The molecule has 0 amide bonds. The average molecular weight is 1230 g/mol. The van der Waals surface area contributed by atoms with Gasteiger partial charge in [0.05, 0.1) is 78.7 Å². The van der Waals surface area contributed by atoms with E-state index in [1.54, 1.807) is 0 Å². The van der Waals surface area contributed by atoms with E-state index in [0.29, 0.717) is 132 Å². The number of aromatic nitrogens is 2. The molecule has 0 atom stereocenters. The van der Waals surface area contributed by atoms with E-state index in [-0.39, 0.29) is 0 Å². The minimum absolute atomic E-state index is 0.306. The molecule has 0 unspecified atom stereocenters. The molecule has 0 saturated heterocycles. The molecule has 0 radical (unpaired) electrons. The molecular weight excluding hydrogens is 1140 g/mol. The van der Waals surface area contributed by atoms with Crippen molar-refractivity contribution in [2.45, 2.75) is 139 Å². The normalized spacial score (nSPS) is 13.9. The van der Waals surface area contributed by atoms with Crippen molar-refractivity contribution in [3.8, 4) is 34.5 Å². The van der Waals surface area contributed by atoms with Gasteiger partial charge in [0.2, 0.25) is 0 Å². The lowest BCUT2D eigenvalue weighted by Gasteiger charge is -2.20. The third-order valence-electron chi connectivity index (χ3n) is 18.2. The predicted octanol–water partition coefficient (Wildman–Crippen LogP) is 19.4. The Balaban J connectivity index is 1.18. The Kier molecular flexibility index (Phi) is 17.0. The second kappa shape index (κ2) is 26.1. The van der Waals surface area contributed by atoms with Gasteiger partial charge in [0, 0.05) is 61.4 Å². The number of unbranched alkanes of at least 4 members (excludes halogenated alkanes) is 6. The number of fused-ring (bicyclic) bond motifs is 23. The molecule has 10 aromatic rings. The summed E-state index contributed by atoms with van der Waals surface area (Å²) in [7, 11) is 0. The average Bonchev–Trinajstić information content (AvgIpc) is 1.52. The van der Waals surface area contributed by atoms with Crippen LogP contribution in [0, 0.1) is 13.8 Å². The van der Waals surface area contributed by atoms with Gasteiger partial charge in [0.1, 0.15) is 45.9 Å². The molecule has 8 aromatic carbocycles. The first-order valence-corrected chi connectivity index (χ1v) is 33.7. The molecular formula is C78H80N8O6. The Hall–Kier alpha value is -9.43. The van der Waals surface area contributed by atoms with E-state index in [1.165, 1.54) is 0 Å². The third-order valence-corrected chi connectivity index (χ3v) is 18.2. The molecule has 3 aliphatic heterocycles. The molecule has 14 heteroatoms. The number of nitrogens with one attached hydrogen (secondary N) is 1. The zero-order chi connectivity index (χ0) is 63.0. The fraction of sp³-hybridized carbons (Fsp3) is 0.346. The number of H-pyrrole nitrogens is 1. The van der Waals surface area contributed by atoms with Crippen LogP contribution in [-0.4, -0.2) is 84.4 Å². The molecule has 0 fully saturated rings. The monoisotopic (exact) mass is 1220 g/mol. The number of aliphatic imine (C=N–C) groups is 6. The number of hydrogen-bond acceptors (Lipinski definition) is 13. The van der Waals surface area contributed by atoms with Crippen molar-refractivity contribution in [1.82, 2.24) is 9.97 Å². The maximum absolute atomic E-state index is 7.24. The van der Waals surface area contributed by atoms with E-state index in [1.807, 2.05) is 12.3 Å². The van der Waals surface area contributed by atoms with Gasteiger partial charge in [-0.15, -0.1) is 0 Å². The van der Waals surface area contributed by atoms with Crippen LogP contribution >= 0.6 is 0 Å². The molecule has 0 spiro atoms. The molecule has 14 nitrogen and oxygen atoms in total. The van der Waals surface area contributed by atoms with Gasteiger partial charge in [-0.25, -0.2) is 30.0 Å². The van der Waals surface area contributed by atoms with Crippen LogP contribution in [0.15, 0.2) is 133 Å². The van der Waals surface area contributed by atoms with Crippen LogP contribution in [0.4, 0.5) is 11.6 Å². The minimum Gasteiger partial charge on any atom is -0.492 e. The van der Waals surface area contributed by atoms with Gasteiger partial charge in [-0.1, -0.05) is 159 Å². The number of aryl methyl sites for hydroxylation is 2. The van der Waals surface area contributed by atoms with Crippen molar-refractivity contribution >= 4 is 111 Å². The van der Waals surface area contributed by atoms with Gasteiger partial charge >= 0.3 is 0 Å². The fourth-order valence-corrected chi connectivity index (χ4v) is 13.5. The van der Waals surface area contributed by atoms with Gasteiger partial charge in [-0.05, 0) is 97.9 Å². The number of hydrogen-bond donors (Lipinski definition) is 1. The predicted molar refractivity (Wildman–Crippen MR) is 378 cm³/mol. The molecule has 0 saturated carbocycles. The van der Waals surface area contributed by atoms with Crippen molar-refractivity contribution in [1.29, 1.82) is 0 Å². The van der Waals surface area contributed by atoms with Crippen molar-refractivity contribution in [3.05, 3.63) is 148 Å². The number of nitrogens with zero attached hydrogens (tertiary/aromatic N) is 7. The summed E-state index contributed by atoms with van der Waals surface area (Å²) in [5.74, 6) is 6.76. The number of rotatable bonds is 24. The zero-order valence-corrected chi connectivity index (χ0v) is 54.3. The molecule has 14 rings (SSSR count). The maximum atomic E-state index is 7.24. The van der Waals surface area contributed by atoms with E-state index in [4.69, 9.17) is 63.4 Å². The van der Waals surface area contributed by atoms with Crippen molar-refractivity contribution in [2.24, 2.45) is 30.0 Å². The highest BCUT2D eigenvalue weighted by molar-refractivity contribution is 6.39. The molecule has 5 heterocycles. The van der Waals surface area contributed by atoms with Crippen LogP contribution in [0.25, 0.3) is 64.8 Å². The molecule has 8 bridgehead atoms. The van der Waals surface area contributed by atoms with Gasteiger partial charge < -0.3 is 33.4 Å². The largest absolute Gasteiger partial charge is 0.492 e. The summed E-state index contributed by atoms with van der Waals surface area (Å²) < 4.78 is 42.9. The molecule has 2 aromatic heterocycles. The quantitative estimate of drug-likeness (QED) is 0.0466. The summed E-state index contributed by atoms with van der Waals surface area (Å²) in [6, 6.07) is 33.9. The van der Waals surface area contributed by atoms with E-state index in [0.717, 1.165) is 181 Å². The van der Waals surface area contributed by atoms with Gasteiger partial charge in [-0.2, -0.15) is 0 Å². The van der Waals surface area contributed by atoms with Crippen LogP contribution in [0.5, 0.6) is 34.5 Å². The van der Waals surface area contributed by atoms with Crippen molar-refractivity contribution in [3.63, 3.8) is 0 Å². The topological polar surface area (TPSA) is 158 Å². The van der Waals surface area contributed by atoms with E-state index < -0.39 is 0 Å². The molecule has 468 valence electrons. The number of aromatic amines is 1. The smallest absolute Gasteiger partial charge is 0.168 e. The van der Waals surface area contributed by atoms with Crippen molar-refractivity contribution < 1.29 is 28.4 Å². The molecule has 1 N–H and O–H groups in total. The highest BCUT2D eigenvalue weighted by Crippen LogP contribution is 2.53. The highest BCUT2D eigenvalue weighted by atomic mass is 16.5. The first-order valence-electron chi connectivity index (χ1n) is 33.7. The van der Waals surface area contributed by atoms with Crippen LogP contribution < -0.4 is 28.4 Å². The van der Waals surface area contributed by atoms with E-state index in [2.05, 4.69) is 151 Å². The Labute approximate surface area is 537 Å². The number of benzene rings is 8. The standard InChI is InChI=1S/C78H80N8O6/c1-9-15-36-87-67-51-31-24-23-30-49(51)45(7)58-56-44-57(60(58)67)81-75-64-65(71(91-40-19-13-5)55-43-48-29-22-21-28-47(48)42-54(55)70(64)90-39-18-12-4)78(85-75)86-76-61-59(46(8)50-34-27-35-79-66(50)72(61)92-41-20-14-6)73(82-76)83-77-63-62(74(80-56)84-77)68(88-37-16-10-2)52-32-25-26-33-53(52)69(63)89-38-17-11-3/h21-35,42-43H,9-20,36-41,44H2,1-8H3,(H,80,81,82,83,84,85,86). The summed E-state index contributed by atoms with van der Waals surface area (Å²) in [4.78, 5) is 43.8. The number of ether oxygens (including phenoxy) is 6. The second-order valence-electron chi connectivity index (χ2n) is 24.5. The Morgan fingerprint density at radius 2 is 0.717 bits per heavy atom. The van der Waals surface area contributed by atoms with E-state index in [9.17, 15) is 0 Å². The molecule has 1 aliphatic carbocycles. The van der Waals surface area contributed by atoms with Crippen LogP contribution in [0.2, 0.25) is 0 Å². The first kappa shape index (κ1) is 60.2. The van der Waals surface area contributed by atoms with Crippen LogP contribution in [-0.2, 0) is 0 Å². The van der Waals surface area contributed by atoms with Gasteiger partial charge in [0.15, 0.2) is 29.1 Å². The summed E-state index contributed by atoms with van der Waals surface area (Å²) >= 11 is 0. The van der Waals surface area contributed by atoms with Gasteiger partial charge in [-0.3, -0.25) is 4.98 Å². The van der Waals surface area contributed by atoms with E-state index >= 15 is 0 Å². The summed E-state index contributed by atoms with van der Waals surface area (Å²) in [5, 5.41) is 10.3. The molecule has 92 heavy (non-hydrogen) atoms. The third kappa shape index (κ3) is 10.5. The maximum Gasteiger partial charge on any atom is 0.168 e. The van der Waals surface area contributed by atoms with Gasteiger partial charge in [0.25, 0.3) is 0 Å². The lowest BCUT2D eigenvalue weighted by atomic mass is 9.94. The summed E-state index contributed by atoms with van der Waals surface area (Å²) in [6.07, 6.45) is 12.9. The second-order valence-corrected chi connectivity index (χ2v) is 24.5. The minimum atomic E-state index is 0.306. The fourth-order valence-electron chi connectivity index (χ4n) is 13.5. The number of amidine groups is 4. The highest BCUT2D eigenvalue weighted by Gasteiger charge is 2.40. The molecule has 4 aliphatic rings. The first-order chi connectivity index (χ1) is 45.3. The lowest BCUT2D eigenvalue weighted by Crippen LogP contribution is -2.11. The van der Waals surface area contributed by atoms with Crippen LogP contribution in [0.3, 0.4) is 0 Å². The summed E-state index contributed by atoms with van der Waals surface area (Å²) in [6.45, 7) is 20.3. The lowest BCUT2D eigenvalue weighted by molar-refractivity contribution is 0.305.